The van der Waals surface area contributed by atoms with E-state index in [-0.39, 0.29) is 46.9 Å². The maximum atomic E-state index is 12.7. The molecule has 8 unspecified atom stereocenters. The van der Waals surface area contributed by atoms with E-state index in [4.69, 9.17) is 19.5 Å². The molecule has 0 aliphatic carbocycles. The van der Waals surface area contributed by atoms with E-state index >= 15 is 0 Å². The molecule has 1 aliphatic rings. The molecule has 0 aromatic carbocycles. The van der Waals surface area contributed by atoms with Gasteiger partial charge in [-0.15, -0.1) is 0 Å². The first-order valence-corrected chi connectivity index (χ1v) is 24.4. The maximum absolute atomic E-state index is 12.7. The number of hydrogen-bond acceptors (Lipinski definition) is 20. The molecule has 10 N–H and O–H groups in total. The van der Waals surface area contributed by atoms with Crippen molar-refractivity contribution in [1.29, 1.82) is 0 Å². The van der Waals surface area contributed by atoms with Crippen molar-refractivity contribution in [1.82, 2.24) is 30.2 Å². The smallest absolute Gasteiger partial charge is 0.386 e. The zero-order valence-corrected chi connectivity index (χ0v) is 37.1. The van der Waals surface area contributed by atoms with Gasteiger partial charge >= 0.3 is 23.5 Å². The van der Waals surface area contributed by atoms with Crippen LogP contribution in [-0.2, 0) is 50.7 Å². The monoisotopic (exact) mass is 957 g/mol. The highest BCUT2D eigenvalue weighted by Crippen LogP contribution is 2.61. The number of nitrogens with two attached hydrogens (primary N) is 1. The summed E-state index contributed by atoms with van der Waals surface area (Å²) in [5.41, 5.74) is 4.26. The third-order valence-corrected chi connectivity index (χ3v) is 13.2. The van der Waals surface area contributed by atoms with Crippen LogP contribution >= 0.6 is 60.5 Å². The number of aromatic nitrogens is 4. The lowest BCUT2D eigenvalue weighted by atomic mass is 9.87. The molecule has 24 nitrogen and oxygen atoms in total. The van der Waals surface area contributed by atoms with Gasteiger partial charge in [0.15, 0.2) is 22.8 Å². The fourth-order valence-electron chi connectivity index (χ4n) is 5.31. The number of imidazole rings is 1. The molecular formula is C29H50N7O17P3S3. The molecule has 0 bridgehead atoms. The fraction of sp³-hybridized carbons (Fsp3) is 0.724. The number of nitrogen functional groups attached to an aromatic ring is 1. The predicted octanol–water partition coefficient (Wildman–Crippen LogP) is 0.843. The summed E-state index contributed by atoms with van der Waals surface area (Å²) in [6, 6.07) is 0. The molecule has 2 amide bonds. The number of ether oxygens (including phenoxy) is 1. The summed E-state index contributed by atoms with van der Waals surface area (Å²) in [5, 5.41) is 26.7. The first-order chi connectivity index (χ1) is 27.4. The minimum absolute atomic E-state index is 0.0149. The van der Waals surface area contributed by atoms with E-state index in [2.05, 4.69) is 59.7 Å². The van der Waals surface area contributed by atoms with Gasteiger partial charge in [0, 0.05) is 42.3 Å². The second-order valence-electron chi connectivity index (χ2n) is 13.7. The number of carbonyl (C=O) groups excluding carboxylic acids is 3. The third-order valence-electron chi connectivity index (χ3n) is 8.40. The Hall–Kier alpha value is -1.74. The topological polar surface area (TPSA) is 364 Å². The van der Waals surface area contributed by atoms with Crippen LogP contribution in [0.2, 0.25) is 0 Å². The Bertz CT molecular complexity index is 1880. The van der Waals surface area contributed by atoms with E-state index in [1.165, 1.54) is 13.8 Å². The molecule has 59 heavy (non-hydrogen) atoms. The molecule has 8 atom stereocenters. The number of nitrogens with zero attached hydrogens (tertiary/aromatic N) is 4. The van der Waals surface area contributed by atoms with Gasteiger partial charge in [0.1, 0.15) is 36.3 Å². The van der Waals surface area contributed by atoms with Crippen molar-refractivity contribution < 1.29 is 80.5 Å². The van der Waals surface area contributed by atoms with Crippen LogP contribution in [0.4, 0.5) is 5.82 Å². The highest BCUT2D eigenvalue weighted by Gasteiger charge is 2.50. The van der Waals surface area contributed by atoms with Crippen LogP contribution in [0.3, 0.4) is 0 Å². The summed E-state index contributed by atoms with van der Waals surface area (Å²) >= 11 is 9.75. The van der Waals surface area contributed by atoms with Crippen LogP contribution in [0.1, 0.15) is 58.6 Å². The lowest BCUT2D eigenvalue weighted by Crippen LogP contribution is -2.46. The molecule has 30 heteroatoms. The number of unbranched alkanes of at least 4 members (excludes halogenated alkanes) is 1. The van der Waals surface area contributed by atoms with Crippen molar-refractivity contribution in [2.75, 3.05) is 43.5 Å². The van der Waals surface area contributed by atoms with Crippen molar-refractivity contribution in [3.05, 3.63) is 12.7 Å². The second-order valence-corrected chi connectivity index (χ2v) is 20.3. The Kier molecular flexibility index (Phi) is 20.2. The molecule has 1 fully saturated rings. The molecule has 1 saturated heterocycles. The number of nitrogens with one attached hydrogen (secondary N) is 2. The Morgan fingerprint density at radius 1 is 1.03 bits per heavy atom. The van der Waals surface area contributed by atoms with E-state index in [0.29, 0.717) is 12.2 Å². The van der Waals surface area contributed by atoms with Crippen LogP contribution in [0, 0.1) is 5.41 Å². The van der Waals surface area contributed by atoms with E-state index < -0.39 is 84.6 Å². The normalized spacial score (nSPS) is 21.7. The number of thioether (sulfide) groups is 1. The Balaban J connectivity index is 1.43. The molecule has 336 valence electrons. The van der Waals surface area contributed by atoms with Crippen molar-refractivity contribution in [3.63, 3.8) is 0 Å². The van der Waals surface area contributed by atoms with Gasteiger partial charge in [-0.1, -0.05) is 32.0 Å². The molecule has 3 rings (SSSR count). The van der Waals surface area contributed by atoms with Crippen molar-refractivity contribution in [2.45, 2.75) is 88.3 Å². The third kappa shape index (κ3) is 17.2. The summed E-state index contributed by atoms with van der Waals surface area (Å²) in [7, 11) is -16.4. The predicted molar refractivity (Wildman–Crippen MR) is 217 cm³/mol. The second kappa shape index (κ2) is 23.1. The van der Waals surface area contributed by atoms with Crippen LogP contribution < -0.4 is 16.4 Å². The van der Waals surface area contributed by atoms with Gasteiger partial charge in [-0.2, -0.15) is 29.6 Å². The number of phosphoric acid groups is 3. The zero-order valence-electron chi connectivity index (χ0n) is 31.8. The maximum Gasteiger partial charge on any atom is 0.481 e. The minimum atomic E-state index is -5.57. The molecule has 2 aromatic heterocycles. The highest BCUT2D eigenvalue weighted by molar-refractivity contribution is 8.13. The Morgan fingerprint density at radius 3 is 2.41 bits per heavy atom. The molecule has 0 radical (unpaired) electrons. The summed E-state index contributed by atoms with van der Waals surface area (Å²) in [6.45, 7) is 0.507. The van der Waals surface area contributed by atoms with Gasteiger partial charge in [-0.05, 0) is 25.0 Å². The van der Waals surface area contributed by atoms with Crippen molar-refractivity contribution >= 4 is 94.4 Å². The summed E-state index contributed by atoms with van der Waals surface area (Å²) in [6.07, 6.45) is -3.06. The number of phosphoric ester groups is 3. The van der Waals surface area contributed by atoms with Gasteiger partial charge in [-0.3, -0.25) is 32.5 Å². The number of hydrogen-bond donors (Lipinski definition) is 11. The van der Waals surface area contributed by atoms with Gasteiger partial charge in [0.05, 0.1) is 19.5 Å². The quantitative estimate of drug-likeness (QED) is 0.0353. The lowest BCUT2D eigenvalue weighted by Gasteiger charge is -2.30. The number of thiol groups is 2. The van der Waals surface area contributed by atoms with Crippen LogP contribution in [0.25, 0.3) is 11.2 Å². The fourth-order valence-corrected chi connectivity index (χ4v) is 9.69. The van der Waals surface area contributed by atoms with Gasteiger partial charge in [0.2, 0.25) is 11.8 Å². The SMILES string of the molecule is CC(C)(COP(=O)(O)OP(=O)(O)OCC1OC(n2cnc3c(N)ncnc32)C(O)C1OP(=O)(O)O)C(O)C(=O)NCCC(=O)NCCSC(=O)CCCCC(S)CCS. The van der Waals surface area contributed by atoms with Crippen LogP contribution in [-0.4, -0.2) is 134 Å². The van der Waals surface area contributed by atoms with E-state index in [1.807, 2.05) is 0 Å². The molecule has 1 aliphatic heterocycles. The molecule has 0 saturated carbocycles. The molecule has 0 spiro atoms. The van der Waals surface area contributed by atoms with Crippen LogP contribution in [0.15, 0.2) is 12.7 Å². The summed E-state index contributed by atoms with van der Waals surface area (Å²) in [4.78, 5) is 87.8. The van der Waals surface area contributed by atoms with Gasteiger partial charge in [-0.25, -0.2) is 28.6 Å². The van der Waals surface area contributed by atoms with Crippen LogP contribution in [0.5, 0.6) is 0 Å². The minimum Gasteiger partial charge on any atom is -0.386 e. The number of anilines is 1. The largest absolute Gasteiger partial charge is 0.481 e. The molecule has 3 heterocycles. The van der Waals surface area contributed by atoms with E-state index in [0.717, 1.165) is 60.4 Å². The average molecular weight is 958 g/mol. The lowest BCUT2D eigenvalue weighted by molar-refractivity contribution is -0.137. The first kappa shape index (κ1) is 51.6. The number of aliphatic hydroxyl groups excluding tert-OH is 2. The van der Waals surface area contributed by atoms with E-state index in [1.54, 1.807) is 0 Å². The highest BCUT2D eigenvalue weighted by atomic mass is 32.2. The number of fused-ring (bicyclic) bond motifs is 1. The van der Waals surface area contributed by atoms with Crippen molar-refractivity contribution in [3.8, 4) is 0 Å². The van der Waals surface area contributed by atoms with Gasteiger partial charge in [0.25, 0.3) is 0 Å². The number of aliphatic hydroxyl groups is 2. The number of carbonyl (C=O) groups is 3. The first-order valence-electron chi connectivity index (χ1n) is 17.8. The Morgan fingerprint density at radius 2 is 1.73 bits per heavy atom. The van der Waals surface area contributed by atoms with Crippen molar-refractivity contribution in [2.24, 2.45) is 5.41 Å². The molecule has 2 aromatic rings. The summed E-state index contributed by atoms with van der Waals surface area (Å²) in [5.74, 6) is -0.327. The van der Waals surface area contributed by atoms with E-state index in [9.17, 15) is 57.9 Å². The average Bonchev–Trinajstić information content (AvgIpc) is 3.70. The zero-order chi connectivity index (χ0) is 44.2. The number of amides is 2. The molecular weight excluding hydrogens is 907 g/mol. The number of rotatable bonds is 26. The standard InChI is InChI=1S/C29H50N7O17P3S3/c1-29(2,24(40)27(41)32-9-7-19(37)31-10-12-59-20(38)6-4-3-5-17(58)8-11-57)14-50-56(47,48)53-55(45,46)49-13-18-23(52-54(42,43)44)22(39)28(51-18)36-16-35-21-25(30)33-15-34-26(21)36/h15-18,22-24,28,39-40,57-58H,3-14H2,1-2H3,(H,31,37)(H,32,41)(H,45,46)(H,47,48)(H2,30,33,34)(H2,42,43,44). The Labute approximate surface area is 353 Å². The van der Waals surface area contributed by atoms with Gasteiger partial charge < -0.3 is 50.9 Å². The summed E-state index contributed by atoms with van der Waals surface area (Å²) < 4.78 is 62.2.